The topological polar surface area (TPSA) is 52.7 Å². The minimum absolute atomic E-state index is 0.203. The smallest absolute Gasteiger partial charge is 0.318 e. The Morgan fingerprint density at radius 3 is 2.50 bits per heavy atom. The van der Waals surface area contributed by atoms with Crippen molar-refractivity contribution in [1.82, 2.24) is 10.2 Å². The summed E-state index contributed by atoms with van der Waals surface area (Å²) in [6.45, 7) is 0.836. The molecule has 1 aliphatic heterocycles. The zero-order valence-corrected chi connectivity index (χ0v) is 16.8. The van der Waals surface area contributed by atoms with Crippen molar-refractivity contribution >= 4 is 40.8 Å². The van der Waals surface area contributed by atoms with E-state index >= 15 is 0 Å². The van der Waals surface area contributed by atoms with E-state index in [4.69, 9.17) is 23.2 Å². The third-order valence-electron chi connectivity index (χ3n) is 4.56. The number of halogens is 3. The Hall–Kier alpha value is -2.31. The molecule has 1 saturated heterocycles. The Kier molecular flexibility index (Phi) is 6.42. The molecule has 28 heavy (non-hydrogen) atoms. The predicted octanol–water partition coefficient (Wildman–Crippen LogP) is 4.47. The lowest BCUT2D eigenvalue weighted by molar-refractivity contribution is -0.121. The third kappa shape index (κ3) is 4.94. The minimum Gasteiger partial charge on any atom is -0.326 e. The number of hydrogen-bond donors (Lipinski definition) is 1. The van der Waals surface area contributed by atoms with Gasteiger partial charge in [-0.3, -0.25) is 4.79 Å². The normalized spacial score (nSPS) is 16.8. The van der Waals surface area contributed by atoms with Gasteiger partial charge in [0.05, 0.1) is 0 Å². The Balaban J connectivity index is 1.63. The number of piperidine rings is 1. The van der Waals surface area contributed by atoms with Crippen molar-refractivity contribution < 1.29 is 14.0 Å². The molecule has 0 spiro atoms. The molecule has 0 bridgehead atoms. The quantitative estimate of drug-likeness (QED) is 0.788. The number of amides is 3. The largest absolute Gasteiger partial charge is 0.326 e. The first kappa shape index (κ1) is 20.4. The summed E-state index contributed by atoms with van der Waals surface area (Å²) in [4.78, 5) is 28.4. The lowest BCUT2D eigenvalue weighted by Gasteiger charge is -2.33. The summed E-state index contributed by atoms with van der Waals surface area (Å²) < 4.78 is 13.1. The van der Waals surface area contributed by atoms with E-state index in [0.717, 1.165) is 12.0 Å². The van der Waals surface area contributed by atoms with Crippen molar-refractivity contribution in [2.45, 2.75) is 25.4 Å². The molecule has 1 atom stereocenters. The van der Waals surface area contributed by atoms with Gasteiger partial charge in [-0.1, -0.05) is 23.2 Å². The van der Waals surface area contributed by atoms with E-state index in [1.165, 1.54) is 17.0 Å². The average Bonchev–Trinajstić information content (AvgIpc) is 2.63. The summed E-state index contributed by atoms with van der Waals surface area (Å²) in [6.07, 6.45) is 1.29. The number of carbonyl (C=O) groups is 2. The zero-order valence-electron chi connectivity index (χ0n) is 15.3. The molecule has 1 heterocycles. The molecule has 3 amide bonds. The number of anilines is 1. The molecule has 3 rings (SSSR count). The molecule has 5 nitrogen and oxygen atoms in total. The van der Waals surface area contributed by atoms with Crippen LogP contribution in [0.3, 0.4) is 0 Å². The van der Waals surface area contributed by atoms with Gasteiger partial charge in [-0.05, 0) is 60.9 Å². The van der Waals surface area contributed by atoms with Gasteiger partial charge in [0, 0.05) is 35.9 Å². The second-order valence-corrected chi connectivity index (χ2v) is 7.62. The third-order valence-corrected chi connectivity index (χ3v) is 5.00. The first-order valence-corrected chi connectivity index (χ1v) is 9.62. The van der Waals surface area contributed by atoms with Crippen molar-refractivity contribution in [3.05, 3.63) is 63.9 Å². The maximum atomic E-state index is 13.1. The second kappa shape index (κ2) is 8.80. The highest BCUT2D eigenvalue weighted by Crippen LogP contribution is 2.22. The molecule has 1 aliphatic rings. The van der Waals surface area contributed by atoms with Gasteiger partial charge < -0.3 is 15.1 Å². The first-order valence-electron chi connectivity index (χ1n) is 8.87. The van der Waals surface area contributed by atoms with Crippen LogP contribution in [0.4, 0.5) is 14.9 Å². The molecule has 1 fully saturated rings. The van der Waals surface area contributed by atoms with Crippen LogP contribution in [0.5, 0.6) is 0 Å². The number of hydrogen-bond acceptors (Lipinski definition) is 2. The number of nitrogens with one attached hydrogen (secondary N) is 1. The molecule has 0 radical (unpaired) electrons. The fourth-order valence-electron chi connectivity index (χ4n) is 3.19. The molecule has 148 valence electrons. The number of nitrogens with zero attached hydrogens (tertiary/aromatic N) is 2. The van der Waals surface area contributed by atoms with Gasteiger partial charge in [-0.25, -0.2) is 9.18 Å². The van der Waals surface area contributed by atoms with Gasteiger partial charge >= 0.3 is 6.03 Å². The molecule has 8 heteroatoms. The van der Waals surface area contributed by atoms with Crippen molar-refractivity contribution in [2.75, 3.05) is 18.5 Å². The average molecular weight is 424 g/mol. The number of benzene rings is 2. The van der Waals surface area contributed by atoms with E-state index in [1.807, 2.05) is 0 Å². The summed E-state index contributed by atoms with van der Waals surface area (Å²) >= 11 is 12.0. The van der Waals surface area contributed by atoms with E-state index < -0.39 is 6.04 Å². The van der Waals surface area contributed by atoms with Crippen molar-refractivity contribution in [3.63, 3.8) is 0 Å². The van der Waals surface area contributed by atoms with E-state index in [1.54, 1.807) is 42.3 Å². The molecule has 0 aliphatic carbocycles. The summed E-state index contributed by atoms with van der Waals surface area (Å²) in [5, 5.41) is 3.77. The van der Waals surface area contributed by atoms with Crippen molar-refractivity contribution in [1.29, 1.82) is 0 Å². The van der Waals surface area contributed by atoms with E-state index in [-0.39, 0.29) is 17.8 Å². The number of carbonyl (C=O) groups excluding carboxylic acids is 2. The predicted molar refractivity (Wildman–Crippen MR) is 108 cm³/mol. The Bertz CT molecular complexity index is 856. The number of urea groups is 1. The van der Waals surface area contributed by atoms with E-state index in [0.29, 0.717) is 35.2 Å². The molecule has 0 aromatic heterocycles. The fraction of sp³-hybridized carbons (Fsp3) is 0.300. The molecule has 1 unspecified atom stereocenters. The Morgan fingerprint density at radius 2 is 1.86 bits per heavy atom. The highest BCUT2D eigenvalue weighted by molar-refractivity contribution is 6.34. The molecular formula is C20H20Cl2FN3O2. The fourth-order valence-corrected chi connectivity index (χ4v) is 3.76. The highest BCUT2D eigenvalue weighted by atomic mass is 35.5. The zero-order chi connectivity index (χ0) is 20.3. The molecule has 2 aromatic rings. The van der Waals surface area contributed by atoms with Crippen LogP contribution in [-0.2, 0) is 11.3 Å². The standard InChI is InChI=1S/C20H20Cl2FN3O2/c1-25(12-13-9-14(21)11-15(22)10-13)20(28)24-18-3-2-8-26(19(18)27)17-6-4-16(23)5-7-17/h4-7,9-11,18H,2-3,8,12H2,1H3,(H,24,28). The van der Waals surface area contributed by atoms with E-state index in [9.17, 15) is 14.0 Å². The van der Waals surface area contributed by atoms with Gasteiger partial charge in [-0.2, -0.15) is 0 Å². The van der Waals surface area contributed by atoms with Crippen LogP contribution in [0.2, 0.25) is 10.0 Å². The molecule has 1 N–H and O–H groups in total. The van der Waals surface area contributed by atoms with Gasteiger partial charge in [-0.15, -0.1) is 0 Å². The summed E-state index contributed by atoms with van der Waals surface area (Å²) in [6, 6.07) is 9.85. The van der Waals surface area contributed by atoms with Crippen LogP contribution in [0, 0.1) is 5.82 Å². The summed E-state index contributed by atoms with van der Waals surface area (Å²) in [5.41, 5.74) is 1.41. The summed E-state index contributed by atoms with van der Waals surface area (Å²) in [5.74, 6) is -0.564. The molecular weight excluding hydrogens is 404 g/mol. The van der Waals surface area contributed by atoms with Crippen LogP contribution in [0.15, 0.2) is 42.5 Å². The van der Waals surface area contributed by atoms with E-state index in [2.05, 4.69) is 5.32 Å². The van der Waals surface area contributed by atoms with Gasteiger partial charge in [0.25, 0.3) is 0 Å². The lowest BCUT2D eigenvalue weighted by atomic mass is 10.0. The molecule has 2 aromatic carbocycles. The van der Waals surface area contributed by atoms with Crippen LogP contribution in [-0.4, -0.2) is 36.5 Å². The van der Waals surface area contributed by atoms with Gasteiger partial charge in [0.1, 0.15) is 11.9 Å². The summed E-state index contributed by atoms with van der Waals surface area (Å²) in [7, 11) is 1.63. The lowest BCUT2D eigenvalue weighted by Crippen LogP contribution is -2.54. The minimum atomic E-state index is -0.628. The maximum absolute atomic E-state index is 13.1. The monoisotopic (exact) mass is 423 g/mol. The van der Waals surface area contributed by atoms with Crippen LogP contribution in [0.1, 0.15) is 18.4 Å². The van der Waals surface area contributed by atoms with Crippen molar-refractivity contribution in [2.24, 2.45) is 0 Å². The molecule has 0 saturated carbocycles. The Morgan fingerprint density at radius 1 is 1.21 bits per heavy atom. The first-order chi connectivity index (χ1) is 13.3. The van der Waals surface area contributed by atoms with Gasteiger partial charge in [0.2, 0.25) is 5.91 Å². The second-order valence-electron chi connectivity index (χ2n) is 6.74. The van der Waals surface area contributed by atoms with Crippen LogP contribution < -0.4 is 10.2 Å². The van der Waals surface area contributed by atoms with Crippen LogP contribution >= 0.6 is 23.2 Å². The number of rotatable bonds is 4. The highest BCUT2D eigenvalue weighted by Gasteiger charge is 2.31. The maximum Gasteiger partial charge on any atom is 0.318 e. The van der Waals surface area contributed by atoms with Gasteiger partial charge in [0.15, 0.2) is 0 Å². The van der Waals surface area contributed by atoms with Crippen molar-refractivity contribution in [3.8, 4) is 0 Å². The Labute approximate surface area is 173 Å². The SMILES string of the molecule is CN(Cc1cc(Cl)cc(Cl)c1)C(=O)NC1CCCN(c2ccc(F)cc2)C1=O. The van der Waals surface area contributed by atoms with Crippen LogP contribution in [0.25, 0.3) is 0 Å².